The van der Waals surface area contributed by atoms with Gasteiger partial charge < -0.3 is 24.4 Å². The molecule has 1 aromatic rings. The molecule has 33 heavy (non-hydrogen) atoms. The third-order valence-electron chi connectivity index (χ3n) is 6.59. The van der Waals surface area contributed by atoms with Gasteiger partial charge in [0.05, 0.1) is 48.9 Å². The minimum absolute atomic E-state index is 0.0129. The molecule has 1 amide bonds. The Balaban J connectivity index is 1.48. The molecule has 184 valence electrons. The molecule has 11 heteroatoms. The van der Waals surface area contributed by atoms with Crippen molar-refractivity contribution < 1.29 is 27.8 Å². The molecule has 3 aliphatic rings. The van der Waals surface area contributed by atoms with Crippen molar-refractivity contribution in [1.29, 1.82) is 0 Å². The van der Waals surface area contributed by atoms with Crippen molar-refractivity contribution in [2.24, 2.45) is 0 Å². The molecule has 0 unspecified atom stereocenters. The summed E-state index contributed by atoms with van der Waals surface area (Å²) in [5, 5.41) is 10.6. The number of amides is 1. The number of piperazine rings is 1. The van der Waals surface area contributed by atoms with Crippen LogP contribution >= 0.6 is 11.6 Å². The van der Waals surface area contributed by atoms with Gasteiger partial charge in [-0.2, -0.15) is 4.31 Å². The highest BCUT2D eigenvalue weighted by molar-refractivity contribution is 7.89. The fraction of sp³-hybridized carbons (Fsp3) is 0.682. The molecule has 0 aliphatic carbocycles. The minimum Gasteiger partial charge on any atom is -0.389 e. The summed E-state index contributed by atoms with van der Waals surface area (Å²) in [7, 11) is -1.87. The van der Waals surface area contributed by atoms with Crippen molar-refractivity contribution in [1.82, 2.24) is 14.1 Å². The van der Waals surface area contributed by atoms with E-state index >= 15 is 0 Å². The van der Waals surface area contributed by atoms with E-state index in [1.807, 2.05) is 11.9 Å². The summed E-state index contributed by atoms with van der Waals surface area (Å²) in [6, 6.07) is 5.62. The zero-order valence-electron chi connectivity index (χ0n) is 18.8. The first-order chi connectivity index (χ1) is 15.7. The first-order valence-electron chi connectivity index (χ1n) is 11.4. The summed E-state index contributed by atoms with van der Waals surface area (Å²) < 4.78 is 40.2. The molecule has 0 bridgehead atoms. The van der Waals surface area contributed by atoms with Crippen LogP contribution in [0.3, 0.4) is 0 Å². The van der Waals surface area contributed by atoms with E-state index < -0.39 is 28.3 Å². The number of benzene rings is 1. The Hall–Kier alpha value is -1.27. The van der Waals surface area contributed by atoms with Gasteiger partial charge in [-0.05, 0) is 38.1 Å². The van der Waals surface area contributed by atoms with Crippen LogP contribution in [0.4, 0.5) is 0 Å². The number of aliphatic hydroxyl groups is 1. The predicted octanol–water partition coefficient (Wildman–Crippen LogP) is 0.802. The van der Waals surface area contributed by atoms with Crippen molar-refractivity contribution in [2.45, 2.75) is 48.5 Å². The van der Waals surface area contributed by atoms with E-state index in [4.69, 9.17) is 21.1 Å². The number of fused-ring (bicyclic) bond motifs is 1. The van der Waals surface area contributed by atoms with Crippen molar-refractivity contribution >= 4 is 27.5 Å². The maximum Gasteiger partial charge on any atom is 0.243 e. The molecule has 0 aromatic heterocycles. The number of carbonyl (C=O) groups is 1. The van der Waals surface area contributed by atoms with Crippen LogP contribution in [0.2, 0.25) is 5.02 Å². The first kappa shape index (κ1) is 24.8. The van der Waals surface area contributed by atoms with E-state index in [1.165, 1.54) is 16.4 Å². The lowest BCUT2D eigenvalue weighted by Gasteiger charge is -2.44. The van der Waals surface area contributed by atoms with Gasteiger partial charge in [0.1, 0.15) is 0 Å². The van der Waals surface area contributed by atoms with Gasteiger partial charge in [0.15, 0.2) is 0 Å². The molecule has 3 heterocycles. The number of sulfonamides is 1. The van der Waals surface area contributed by atoms with Crippen LogP contribution in [0.25, 0.3) is 0 Å². The van der Waals surface area contributed by atoms with Gasteiger partial charge in [-0.15, -0.1) is 0 Å². The zero-order chi connectivity index (χ0) is 23.6. The van der Waals surface area contributed by atoms with Crippen LogP contribution in [0.5, 0.6) is 0 Å². The molecule has 0 spiro atoms. The Morgan fingerprint density at radius 2 is 1.94 bits per heavy atom. The second kappa shape index (κ2) is 10.6. The summed E-state index contributed by atoms with van der Waals surface area (Å²) in [5.74, 6) is 0.0668. The van der Waals surface area contributed by atoms with E-state index in [0.29, 0.717) is 31.0 Å². The Bertz CT molecular complexity index is 940. The minimum atomic E-state index is -3.92. The topological polar surface area (TPSA) is 99.6 Å². The van der Waals surface area contributed by atoms with E-state index in [2.05, 4.69) is 4.90 Å². The molecular weight excluding hydrogens is 470 g/mol. The van der Waals surface area contributed by atoms with Gasteiger partial charge in [0, 0.05) is 37.7 Å². The molecule has 1 N–H and O–H groups in total. The fourth-order valence-corrected chi connectivity index (χ4v) is 6.73. The van der Waals surface area contributed by atoms with E-state index in [1.54, 1.807) is 12.1 Å². The Labute approximate surface area is 200 Å². The maximum absolute atomic E-state index is 13.5. The molecular formula is C22H32ClN3O6S. The molecule has 0 saturated carbocycles. The largest absolute Gasteiger partial charge is 0.389 e. The normalized spacial score (nSPS) is 30.3. The van der Waals surface area contributed by atoms with Gasteiger partial charge in [-0.3, -0.25) is 4.79 Å². The highest BCUT2D eigenvalue weighted by Crippen LogP contribution is 2.32. The van der Waals surface area contributed by atoms with Gasteiger partial charge in [-0.1, -0.05) is 17.7 Å². The molecule has 4 atom stereocenters. The number of nitrogens with zero attached hydrogens (tertiary/aromatic N) is 3. The standard InChI is InChI=1S/C22H32ClN3O6S/c1-24-7-9-25(10-8-24)22(28)12-18-5-6-20-21(32-18)15-31-14-17(27)13-26(20)33(29,30)19-4-2-3-16(23)11-19/h2-4,11,17-18,20-21,27H,5-10,12-15H2,1H3/t17-,18+,20-,21+/m0/s1. The molecule has 1 aromatic carbocycles. The van der Waals surface area contributed by atoms with Crippen molar-refractivity contribution in [2.75, 3.05) is 53.0 Å². The Morgan fingerprint density at radius 3 is 2.67 bits per heavy atom. The number of rotatable bonds is 4. The number of carbonyl (C=O) groups excluding carboxylic acids is 1. The summed E-state index contributed by atoms with van der Waals surface area (Å²) in [5.41, 5.74) is 0. The smallest absolute Gasteiger partial charge is 0.243 e. The number of aliphatic hydroxyl groups excluding tert-OH is 1. The summed E-state index contributed by atoms with van der Waals surface area (Å²) >= 11 is 6.04. The van der Waals surface area contributed by atoms with Crippen molar-refractivity contribution in [3.8, 4) is 0 Å². The maximum atomic E-state index is 13.5. The average molecular weight is 502 g/mol. The lowest BCUT2D eigenvalue weighted by molar-refractivity contribution is -0.152. The monoisotopic (exact) mass is 501 g/mol. The van der Waals surface area contributed by atoms with Crippen LogP contribution in [-0.2, 0) is 24.3 Å². The molecule has 3 aliphatic heterocycles. The number of hydrogen-bond donors (Lipinski definition) is 1. The average Bonchev–Trinajstić information content (AvgIpc) is 2.77. The zero-order valence-corrected chi connectivity index (χ0v) is 20.4. The van der Waals surface area contributed by atoms with Crippen molar-refractivity contribution in [3.63, 3.8) is 0 Å². The van der Waals surface area contributed by atoms with Crippen LogP contribution in [-0.4, -0.2) is 111 Å². The molecule has 9 nitrogen and oxygen atoms in total. The number of hydrogen-bond acceptors (Lipinski definition) is 7. The first-order valence-corrected chi connectivity index (χ1v) is 13.2. The second-order valence-electron chi connectivity index (χ2n) is 9.05. The van der Waals surface area contributed by atoms with E-state index in [9.17, 15) is 18.3 Å². The van der Waals surface area contributed by atoms with E-state index in [-0.39, 0.29) is 43.1 Å². The summed E-state index contributed by atoms with van der Waals surface area (Å²) in [4.78, 5) is 16.9. The van der Waals surface area contributed by atoms with E-state index in [0.717, 1.165) is 13.1 Å². The molecule has 0 radical (unpaired) electrons. The highest BCUT2D eigenvalue weighted by atomic mass is 35.5. The van der Waals surface area contributed by atoms with Crippen LogP contribution in [0, 0.1) is 0 Å². The quantitative estimate of drug-likeness (QED) is 0.651. The van der Waals surface area contributed by atoms with Crippen molar-refractivity contribution in [3.05, 3.63) is 29.3 Å². The van der Waals surface area contributed by atoms with Gasteiger partial charge in [0.25, 0.3) is 0 Å². The Morgan fingerprint density at radius 1 is 1.18 bits per heavy atom. The fourth-order valence-electron chi connectivity index (χ4n) is 4.71. The van der Waals surface area contributed by atoms with Crippen LogP contribution in [0.1, 0.15) is 19.3 Å². The summed E-state index contributed by atoms with van der Waals surface area (Å²) in [6.07, 6.45) is -0.417. The second-order valence-corrected chi connectivity index (χ2v) is 11.4. The number of halogens is 1. The van der Waals surface area contributed by atoms with Crippen LogP contribution < -0.4 is 0 Å². The van der Waals surface area contributed by atoms with Gasteiger partial charge >= 0.3 is 0 Å². The molecule has 4 rings (SSSR count). The molecule has 3 fully saturated rings. The lowest BCUT2D eigenvalue weighted by Crippen LogP contribution is -2.57. The third kappa shape index (κ3) is 5.87. The predicted molar refractivity (Wildman–Crippen MR) is 123 cm³/mol. The third-order valence-corrected chi connectivity index (χ3v) is 8.72. The highest BCUT2D eigenvalue weighted by Gasteiger charge is 2.43. The number of β-amino-alcohol motifs (C(OH)–C–C–N with tert-alkyl or cyclic N) is 1. The number of ether oxygens (including phenoxy) is 2. The molecule has 3 saturated heterocycles. The van der Waals surface area contributed by atoms with Gasteiger partial charge in [-0.25, -0.2) is 8.42 Å². The van der Waals surface area contributed by atoms with Crippen LogP contribution in [0.15, 0.2) is 29.2 Å². The van der Waals surface area contributed by atoms with Gasteiger partial charge in [0.2, 0.25) is 15.9 Å². The SMILES string of the molecule is CN1CCN(C(=O)C[C@H]2CC[C@H]3[C@@H](COC[C@@H](O)CN3S(=O)(=O)c3cccc(Cl)c3)O2)CC1. The Kier molecular flexibility index (Phi) is 7.95. The lowest BCUT2D eigenvalue weighted by atomic mass is 9.96. The number of likely N-dealkylation sites (N-methyl/N-ethyl adjacent to an activating group) is 1. The summed E-state index contributed by atoms with van der Waals surface area (Å²) in [6.45, 7) is 3.20.